The van der Waals surface area contributed by atoms with E-state index in [1.807, 2.05) is 60.7 Å². The average molecular weight is 402 g/mol. The number of hydrogen-bond donors (Lipinski definition) is 0. The minimum Gasteiger partial charge on any atom is -0.267 e. The van der Waals surface area contributed by atoms with Crippen LogP contribution in [0.4, 0.5) is 0 Å². The SMILES string of the molecule is CS(=O)(=O)c1cccc(-c2cnn(-c3ccccc3)c(=O)c2-c2ccccc2)c1. The molecule has 0 unspecified atom stereocenters. The highest BCUT2D eigenvalue weighted by atomic mass is 32.2. The Morgan fingerprint density at radius 1 is 0.793 bits per heavy atom. The van der Waals surface area contributed by atoms with Crippen molar-refractivity contribution < 1.29 is 8.42 Å². The van der Waals surface area contributed by atoms with Crippen molar-refractivity contribution >= 4 is 9.84 Å². The predicted octanol–water partition coefficient (Wildman–Crippen LogP) is 3.97. The van der Waals surface area contributed by atoms with Gasteiger partial charge in [0.1, 0.15) is 0 Å². The lowest BCUT2D eigenvalue weighted by molar-refractivity contribution is 0.602. The Morgan fingerprint density at radius 2 is 1.41 bits per heavy atom. The number of sulfone groups is 1. The zero-order chi connectivity index (χ0) is 20.4. The molecule has 0 N–H and O–H groups in total. The van der Waals surface area contributed by atoms with Crippen LogP contribution < -0.4 is 5.56 Å². The second-order valence-electron chi connectivity index (χ2n) is 6.65. The predicted molar refractivity (Wildman–Crippen MR) is 114 cm³/mol. The van der Waals surface area contributed by atoms with E-state index < -0.39 is 9.84 Å². The van der Waals surface area contributed by atoms with Crippen LogP contribution in [0.3, 0.4) is 0 Å². The Balaban J connectivity index is 2.01. The third-order valence-corrected chi connectivity index (χ3v) is 5.72. The van der Waals surface area contributed by atoms with Crippen LogP contribution in [-0.2, 0) is 9.84 Å². The normalized spacial score (nSPS) is 11.3. The number of aromatic nitrogens is 2. The molecule has 1 heterocycles. The largest absolute Gasteiger partial charge is 0.279 e. The van der Waals surface area contributed by atoms with Gasteiger partial charge in [0.25, 0.3) is 5.56 Å². The molecule has 0 atom stereocenters. The Bertz CT molecular complexity index is 1330. The molecule has 29 heavy (non-hydrogen) atoms. The Labute approximate surface area is 168 Å². The number of benzene rings is 3. The van der Waals surface area contributed by atoms with Gasteiger partial charge >= 0.3 is 0 Å². The molecule has 0 aliphatic carbocycles. The summed E-state index contributed by atoms with van der Waals surface area (Å²) < 4.78 is 25.3. The summed E-state index contributed by atoms with van der Waals surface area (Å²) in [4.78, 5) is 13.6. The second kappa shape index (κ2) is 7.48. The van der Waals surface area contributed by atoms with Crippen molar-refractivity contribution in [1.82, 2.24) is 9.78 Å². The van der Waals surface area contributed by atoms with Gasteiger partial charge < -0.3 is 0 Å². The lowest BCUT2D eigenvalue weighted by Gasteiger charge is -2.13. The molecule has 6 heteroatoms. The van der Waals surface area contributed by atoms with E-state index in [1.54, 1.807) is 30.5 Å². The fourth-order valence-electron chi connectivity index (χ4n) is 3.20. The Morgan fingerprint density at radius 3 is 2.07 bits per heavy atom. The lowest BCUT2D eigenvalue weighted by atomic mass is 9.97. The van der Waals surface area contributed by atoms with Gasteiger partial charge in [0.2, 0.25) is 0 Å². The number of hydrogen-bond acceptors (Lipinski definition) is 4. The number of nitrogens with zero attached hydrogens (tertiary/aromatic N) is 2. The molecule has 5 nitrogen and oxygen atoms in total. The maximum atomic E-state index is 13.4. The van der Waals surface area contributed by atoms with Crippen molar-refractivity contribution in [3.8, 4) is 27.9 Å². The molecule has 0 aliphatic heterocycles. The number of rotatable bonds is 4. The summed E-state index contributed by atoms with van der Waals surface area (Å²) in [6.45, 7) is 0. The maximum Gasteiger partial charge on any atom is 0.279 e. The molecule has 4 aromatic rings. The molecule has 0 aliphatic rings. The Hall–Kier alpha value is -3.51. The highest BCUT2D eigenvalue weighted by Crippen LogP contribution is 2.30. The molecule has 0 radical (unpaired) electrons. The summed E-state index contributed by atoms with van der Waals surface area (Å²) in [6, 6.07) is 25.1. The van der Waals surface area contributed by atoms with E-state index in [9.17, 15) is 13.2 Å². The van der Waals surface area contributed by atoms with E-state index in [-0.39, 0.29) is 10.5 Å². The molecule has 0 bridgehead atoms. The van der Waals surface area contributed by atoms with E-state index in [0.717, 1.165) is 11.8 Å². The quantitative estimate of drug-likeness (QED) is 0.518. The van der Waals surface area contributed by atoms with Gasteiger partial charge in [-0.05, 0) is 35.4 Å². The van der Waals surface area contributed by atoms with Crippen molar-refractivity contribution in [3.05, 3.63) is 101 Å². The van der Waals surface area contributed by atoms with Gasteiger partial charge in [-0.15, -0.1) is 0 Å². The van der Waals surface area contributed by atoms with Crippen LogP contribution in [0.1, 0.15) is 0 Å². The van der Waals surface area contributed by atoms with Crippen LogP contribution in [-0.4, -0.2) is 24.5 Å². The highest BCUT2D eigenvalue weighted by molar-refractivity contribution is 7.90. The molecule has 0 fully saturated rings. The summed E-state index contributed by atoms with van der Waals surface area (Å²) in [5.74, 6) is 0. The molecule has 4 rings (SSSR count). The van der Waals surface area contributed by atoms with Gasteiger partial charge in [0.15, 0.2) is 9.84 Å². The lowest BCUT2D eigenvalue weighted by Crippen LogP contribution is -2.23. The third-order valence-electron chi connectivity index (χ3n) is 4.61. The van der Waals surface area contributed by atoms with Crippen LogP contribution in [0, 0.1) is 0 Å². The van der Waals surface area contributed by atoms with E-state index >= 15 is 0 Å². The van der Waals surface area contributed by atoms with Gasteiger partial charge in [-0.3, -0.25) is 4.79 Å². The van der Waals surface area contributed by atoms with Crippen molar-refractivity contribution in [1.29, 1.82) is 0 Å². The van der Waals surface area contributed by atoms with Crippen LogP contribution in [0.2, 0.25) is 0 Å². The molecule has 0 saturated carbocycles. The topological polar surface area (TPSA) is 69.0 Å². The first-order valence-corrected chi connectivity index (χ1v) is 10.9. The fraction of sp³-hybridized carbons (Fsp3) is 0.0435. The fourth-order valence-corrected chi connectivity index (χ4v) is 3.87. The van der Waals surface area contributed by atoms with E-state index in [0.29, 0.717) is 22.4 Å². The zero-order valence-corrected chi connectivity index (χ0v) is 16.5. The van der Waals surface area contributed by atoms with Crippen LogP contribution in [0.5, 0.6) is 0 Å². The maximum absolute atomic E-state index is 13.4. The van der Waals surface area contributed by atoms with Crippen LogP contribution in [0.25, 0.3) is 27.9 Å². The first-order chi connectivity index (χ1) is 13.9. The van der Waals surface area contributed by atoms with Gasteiger partial charge in [-0.1, -0.05) is 60.7 Å². The monoisotopic (exact) mass is 402 g/mol. The van der Waals surface area contributed by atoms with Crippen molar-refractivity contribution in [2.75, 3.05) is 6.26 Å². The molecule has 1 aromatic heterocycles. The van der Waals surface area contributed by atoms with E-state index in [1.165, 1.54) is 4.68 Å². The van der Waals surface area contributed by atoms with Crippen LogP contribution in [0.15, 0.2) is 101 Å². The minimum absolute atomic E-state index is 0.196. The van der Waals surface area contributed by atoms with Gasteiger partial charge in [0, 0.05) is 11.8 Å². The molecule has 3 aromatic carbocycles. The third kappa shape index (κ3) is 3.75. The highest BCUT2D eigenvalue weighted by Gasteiger charge is 2.17. The molecular formula is C23H18N2O3S. The molecule has 0 spiro atoms. The number of para-hydroxylation sites is 1. The summed E-state index contributed by atoms with van der Waals surface area (Å²) in [6.07, 6.45) is 2.77. The second-order valence-corrected chi connectivity index (χ2v) is 8.67. The summed E-state index contributed by atoms with van der Waals surface area (Å²) in [5.41, 5.74) is 2.80. The summed E-state index contributed by atoms with van der Waals surface area (Å²) in [7, 11) is -3.38. The average Bonchev–Trinajstić information content (AvgIpc) is 2.74. The minimum atomic E-state index is -3.38. The first kappa shape index (κ1) is 18.8. The van der Waals surface area contributed by atoms with Gasteiger partial charge in [0.05, 0.1) is 22.3 Å². The Kier molecular flexibility index (Phi) is 4.86. The van der Waals surface area contributed by atoms with Crippen molar-refractivity contribution in [3.63, 3.8) is 0 Å². The summed E-state index contributed by atoms with van der Waals surface area (Å²) >= 11 is 0. The first-order valence-electron chi connectivity index (χ1n) is 8.99. The molecule has 144 valence electrons. The van der Waals surface area contributed by atoms with Gasteiger partial charge in [-0.2, -0.15) is 9.78 Å². The van der Waals surface area contributed by atoms with Crippen molar-refractivity contribution in [2.45, 2.75) is 4.90 Å². The molecule has 0 amide bonds. The van der Waals surface area contributed by atoms with E-state index in [2.05, 4.69) is 5.10 Å². The van der Waals surface area contributed by atoms with Crippen LogP contribution >= 0.6 is 0 Å². The molecule has 0 saturated heterocycles. The smallest absolute Gasteiger partial charge is 0.267 e. The molecular weight excluding hydrogens is 384 g/mol. The standard InChI is InChI=1S/C23H18N2O3S/c1-29(27,28)20-14-8-11-18(15-20)21-16-24-25(19-12-6-3-7-13-19)23(26)22(21)17-9-4-2-5-10-17/h2-16H,1H3. The zero-order valence-electron chi connectivity index (χ0n) is 15.7. The summed E-state index contributed by atoms with van der Waals surface area (Å²) in [5, 5.41) is 4.36. The van der Waals surface area contributed by atoms with E-state index in [4.69, 9.17) is 0 Å². The van der Waals surface area contributed by atoms with Gasteiger partial charge in [-0.25, -0.2) is 8.42 Å². The van der Waals surface area contributed by atoms with Crippen molar-refractivity contribution in [2.24, 2.45) is 0 Å².